The Labute approximate surface area is 791 Å². The van der Waals surface area contributed by atoms with Gasteiger partial charge >= 0.3 is 0 Å². The van der Waals surface area contributed by atoms with E-state index in [4.69, 9.17) is 42.6 Å². The maximum Gasteiger partial charge on any atom is 0.253 e. The molecule has 13 amide bonds. The molecule has 133 heavy (non-hydrogen) atoms. The Morgan fingerprint density at radius 2 is 0.624 bits per heavy atom. The number of nitrogens with zero attached hydrogens (tertiary/aromatic N) is 1. The van der Waals surface area contributed by atoms with Crippen molar-refractivity contribution < 1.29 is 105 Å². The molecule has 34 heteroatoms. The quantitative estimate of drug-likeness (QED) is 0.0213. The molecule has 22 unspecified atom stereocenters. The van der Waals surface area contributed by atoms with Crippen LogP contribution >= 0.6 is 0 Å². The van der Waals surface area contributed by atoms with Crippen LogP contribution in [-0.2, 0) is 90.6 Å². The smallest absolute Gasteiger partial charge is 0.253 e. The molecular formula is C99H166N12O22. The molecule has 0 radical (unpaired) electrons. The molecule has 4 saturated heterocycles. The van der Waals surface area contributed by atoms with E-state index in [0.717, 1.165) is 101 Å². The number of amides is 13. The van der Waals surface area contributed by atoms with Crippen molar-refractivity contribution in [2.45, 2.75) is 383 Å². The van der Waals surface area contributed by atoms with E-state index in [1.165, 1.54) is 58.0 Å². The molecule has 11 N–H and O–H groups in total. The van der Waals surface area contributed by atoms with Gasteiger partial charge in [0.25, 0.3) is 23.6 Å². The molecule has 0 saturated carbocycles. The van der Waals surface area contributed by atoms with Gasteiger partial charge in [-0.05, 0) is 168 Å². The van der Waals surface area contributed by atoms with E-state index in [-0.39, 0.29) is 231 Å². The second-order valence-electron chi connectivity index (χ2n) is 37.4. The number of rotatable bonds is 63. The maximum absolute atomic E-state index is 15.0. The zero-order valence-electron chi connectivity index (χ0n) is 82.8. The van der Waals surface area contributed by atoms with Gasteiger partial charge in [-0.25, -0.2) is 0 Å². The van der Waals surface area contributed by atoms with E-state index in [9.17, 15) is 62.3 Å². The molecule has 5 aliphatic rings. The van der Waals surface area contributed by atoms with Crippen LogP contribution in [0.15, 0.2) is 30.4 Å². The summed E-state index contributed by atoms with van der Waals surface area (Å²) in [4.78, 5) is 174. The van der Waals surface area contributed by atoms with Crippen molar-refractivity contribution >= 4 is 76.8 Å². The number of ether oxygens (including phenoxy) is 9. The average molecular weight is 1880 g/mol. The van der Waals surface area contributed by atoms with Crippen LogP contribution in [0.1, 0.15) is 318 Å². The number of carbonyl (C=O) groups excluding carboxylic acids is 13. The lowest BCUT2D eigenvalue weighted by Crippen LogP contribution is -2.57. The minimum absolute atomic E-state index is 0.00120. The van der Waals surface area contributed by atoms with Gasteiger partial charge in [0.05, 0.1) is 55.1 Å². The van der Waals surface area contributed by atoms with Gasteiger partial charge in [0.15, 0.2) is 25.2 Å². The number of imide groups is 1. The Balaban J connectivity index is 1.16. The molecule has 1 aromatic carbocycles. The Hall–Kier alpha value is -8.25. The van der Waals surface area contributed by atoms with Gasteiger partial charge in [0, 0.05) is 129 Å². The van der Waals surface area contributed by atoms with Crippen molar-refractivity contribution in [3.8, 4) is 5.75 Å². The summed E-state index contributed by atoms with van der Waals surface area (Å²) in [6, 6.07) is 0.344. The minimum Gasteiger partial charge on any atom is -0.492 e. The summed E-state index contributed by atoms with van der Waals surface area (Å²) in [5.74, 6) is -3.62. The summed E-state index contributed by atoms with van der Waals surface area (Å²) in [5, 5.41) is 32.5. The van der Waals surface area contributed by atoms with Gasteiger partial charge < -0.3 is 101 Å². The van der Waals surface area contributed by atoms with Gasteiger partial charge in [-0.3, -0.25) is 67.2 Å². The van der Waals surface area contributed by atoms with Crippen LogP contribution in [-0.4, -0.2) is 240 Å². The first-order chi connectivity index (χ1) is 63.7. The molecule has 6 rings (SSSR count). The van der Waals surface area contributed by atoms with Crippen LogP contribution in [0.25, 0.3) is 0 Å². The summed E-state index contributed by atoms with van der Waals surface area (Å²) in [6.07, 6.45) is 16.8. The summed E-state index contributed by atoms with van der Waals surface area (Å²) < 4.78 is 56.5. The second-order valence-corrected chi connectivity index (χ2v) is 37.4. The van der Waals surface area contributed by atoms with Gasteiger partial charge in [-0.15, -0.1) is 0 Å². The number of hydrogen-bond donors (Lipinski definition) is 11. The molecule has 22 atom stereocenters. The summed E-state index contributed by atoms with van der Waals surface area (Å²) in [5.41, 5.74) is -0.262. The first-order valence-corrected chi connectivity index (χ1v) is 50.2. The van der Waals surface area contributed by atoms with Crippen LogP contribution in [0.5, 0.6) is 5.75 Å². The lowest BCUT2D eigenvalue weighted by Gasteiger charge is -2.44. The highest BCUT2D eigenvalue weighted by Crippen LogP contribution is 2.38. The molecule has 0 bridgehead atoms. The van der Waals surface area contributed by atoms with E-state index in [1.807, 2.05) is 0 Å². The molecular weight excluding hydrogens is 1710 g/mol. The largest absolute Gasteiger partial charge is 0.492 e. The van der Waals surface area contributed by atoms with Gasteiger partial charge in [-0.2, -0.15) is 0 Å². The minimum atomic E-state index is -1.27. The second kappa shape index (κ2) is 61.8. The van der Waals surface area contributed by atoms with Gasteiger partial charge in [0.2, 0.25) is 53.2 Å². The Morgan fingerprint density at radius 3 is 0.940 bits per heavy atom. The first-order valence-electron chi connectivity index (χ1n) is 50.2. The number of carbonyl (C=O) groups is 13. The standard InChI is InChI=1S/C99H166N12O22/c1-17-79-62(5)66(9)88(105-70(13)112)96(130-79)126-54-37-26-21-22-34-50-103-94(123)77(42-44-84(117)100-48-32-23-27-38-55-127-97-89(106-71(14)113)67(10)63(6)80(18-2)131-97)109-92(121)74-59-75(61-76(60-74)125-58-52-102-83(116)41-31-30-36-53-111-86(119)46-47-87(111)120)93(122)110-78(95(124)104-51-35-25-29-40-57-129-99-91(108-73(16)115)69(12)65(8)82(20-4)133-99)43-45-85(118)101-49-33-24-28-39-56-128-98-90(107-72(15)114)68(11)64(7)81(19-3)132-98/h46-47,59-69,77-82,88-91,96-99H,17-45,48-58H2,1-16H3,(H,100,117)(H,101,118)(H,102,116)(H,103,123)(H,104,124)(H,105,112)(H,106,113)(H,107,114)(H,108,115)(H,109,121)(H,110,122). The van der Waals surface area contributed by atoms with E-state index >= 15 is 0 Å². The predicted molar refractivity (Wildman–Crippen MR) is 504 cm³/mol. The van der Waals surface area contributed by atoms with Crippen LogP contribution in [0.4, 0.5) is 0 Å². The molecule has 0 spiro atoms. The summed E-state index contributed by atoms with van der Waals surface area (Å²) in [6.45, 7) is 34.1. The highest BCUT2D eigenvalue weighted by atomic mass is 16.7. The van der Waals surface area contributed by atoms with Gasteiger partial charge in [0.1, 0.15) is 24.4 Å². The lowest BCUT2D eigenvalue weighted by atomic mass is 9.81. The fourth-order valence-electron chi connectivity index (χ4n) is 18.3. The zero-order valence-corrected chi connectivity index (χ0v) is 82.8. The van der Waals surface area contributed by atoms with Crippen LogP contribution in [0.2, 0.25) is 0 Å². The van der Waals surface area contributed by atoms with Crippen LogP contribution in [0, 0.1) is 47.3 Å². The SMILES string of the molecule is CCC1OC(OCCCCCCCNC(=O)C(CCC(=O)NCCCCCCOC2OC(CC)C(C)C(C)C2NC(C)=O)NC(=O)c2cc(OCCNC(=O)CCCCCN3C(=O)C=CC3=O)cc(C(=O)NC(CCC(=O)NCCCCCCOC3OC(CC)C(C)C(C)C3NC(C)=O)C(=O)NCCCCCCOC3OC(CC)C(C)C(C)C3NC(C)=O)c2)C(NC(C)=O)C(C)C1C. The third-order valence-corrected chi connectivity index (χ3v) is 27.2. The van der Waals surface area contributed by atoms with Crippen molar-refractivity contribution in [3.63, 3.8) is 0 Å². The Kier molecular flexibility index (Phi) is 52.7. The van der Waals surface area contributed by atoms with Crippen molar-refractivity contribution in [1.29, 1.82) is 0 Å². The Morgan fingerprint density at radius 1 is 0.338 bits per heavy atom. The van der Waals surface area contributed by atoms with Crippen molar-refractivity contribution in [2.75, 3.05) is 72.3 Å². The highest BCUT2D eigenvalue weighted by molar-refractivity contribution is 6.13. The number of nitrogens with one attached hydrogen (secondary N) is 11. The average Bonchev–Trinajstić information content (AvgIpc) is 1.11. The van der Waals surface area contributed by atoms with Crippen molar-refractivity contribution in [2.24, 2.45) is 47.3 Å². The molecule has 34 nitrogen and oxygen atoms in total. The lowest BCUT2D eigenvalue weighted by molar-refractivity contribution is -0.236. The maximum atomic E-state index is 15.0. The van der Waals surface area contributed by atoms with E-state index in [0.29, 0.717) is 97.3 Å². The zero-order chi connectivity index (χ0) is 97.5. The third-order valence-electron chi connectivity index (χ3n) is 27.2. The number of hydrogen-bond acceptors (Lipinski definition) is 22. The first kappa shape index (κ1) is 113. The molecule has 5 heterocycles. The molecule has 1 aromatic rings. The normalized spacial score (nSPS) is 26.2. The van der Waals surface area contributed by atoms with E-state index in [2.05, 4.69) is 142 Å². The predicted octanol–water partition coefficient (Wildman–Crippen LogP) is 10.2. The van der Waals surface area contributed by atoms with Gasteiger partial charge in [-0.1, -0.05) is 147 Å². The van der Waals surface area contributed by atoms with Crippen LogP contribution < -0.4 is 63.2 Å². The molecule has 4 fully saturated rings. The summed E-state index contributed by atoms with van der Waals surface area (Å²) >= 11 is 0. The summed E-state index contributed by atoms with van der Waals surface area (Å²) in [7, 11) is 0. The van der Waals surface area contributed by atoms with E-state index < -0.39 is 60.9 Å². The van der Waals surface area contributed by atoms with Crippen LogP contribution in [0.3, 0.4) is 0 Å². The highest BCUT2D eigenvalue weighted by Gasteiger charge is 2.46. The molecule has 0 aromatic heterocycles. The molecule has 754 valence electrons. The molecule has 5 aliphatic heterocycles. The Bertz CT molecular complexity index is 3780. The number of unbranched alkanes of at least 4 members (excludes halogenated alkanes) is 15. The fourth-order valence-corrected chi connectivity index (χ4v) is 18.3. The monoisotopic (exact) mass is 1880 g/mol. The van der Waals surface area contributed by atoms with Crippen molar-refractivity contribution in [1.82, 2.24) is 63.4 Å². The third kappa shape index (κ3) is 39.8. The number of benzene rings is 1. The van der Waals surface area contributed by atoms with E-state index in [1.54, 1.807) is 0 Å². The fraction of sp³-hybridized carbons (Fsp3) is 0.788. The van der Waals surface area contributed by atoms with Crippen molar-refractivity contribution in [3.05, 3.63) is 41.5 Å². The molecule has 0 aliphatic carbocycles. The topological polar surface area (TPSA) is 441 Å².